The lowest BCUT2D eigenvalue weighted by Crippen LogP contribution is -2.25. The van der Waals surface area contributed by atoms with Gasteiger partial charge in [0.1, 0.15) is 5.00 Å². The van der Waals surface area contributed by atoms with Gasteiger partial charge in [0.2, 0.25) is 5.91 Å². The van der Waals surface area contributed by atoms with Gasteiger partial charge in [0.05, 0.1) is 12.7 Å². The average Bonchev–Trinajstić information content (AvgIpc) is 3.00. The lowest BCUT2D eigenvalue weighted by atomic mass is 10.1. The number of alkyl halides is 1. The number of carbonyl (C=O) groups excluding carboxylic acids is 2. The van der Waals surface area contributed by atoms with E-state index in [0.717, 1.165) is 11.3 Å². The SMILES string of the molecule is CCc1cc(C(=O)OC)c(N2CC(CCl)CC2=O)s1. The van der Waals surface area contributed by atoms with Gasteiger partial charge in [0, 0.05) is 23.7 Å². The summed E-state index contributed by atoms with van der Waals surface area (Å²) in [5.74, 6) is 0.252. The van der Waals surface area contributed by atoms with Crippen LogP contribution in [0.25, 0.3) is 0 Å². The first-order valence-electron chi connectivity index (χ1n) is 6.18. The van der Waals surface area contributed by atoms with Crippen LogP contribution in [0.4, 0.5) is 5.00 Å². The normalized spacial score (nSPS) is 19.0. The van der Waals surface area contributed by atoms with Crippen LogP contribution in [0.3, 0.4) is 0 Å². The number of hydrogen-bond acceptors (Lipinski definition) is 4. The Bertz CT molecular complexity index is 500. The molecule has 0 radical (unpaired) electrons. The highest BCUT2D eigenvalue weighted by Crippen LogP contribution is 2.36. The van der Waals surface area contributed by atoms with E-state index in [-0.39, 0.29) is 11.8 Å². The summed E-state index contributed by atoms with van der Waals surface area (Å²) >= 11 is 7.30. The quantitative estimate of drug-likeness (QED) is 0.634. The van der Waals surface area contributed by atoms with E-state index in [0.29, 0.717) is 29.4 Å². The van der Waals surface area contributed by atoms with Gasteiger partial charge in [-0.3, -0.25) is 4.79 Å². The van der Waals surface area contributed by atoms with Crippen molar-refractivity contribution in [2.24, 2.45) is 5.92 Å². The molecule has 1 unspecified atom stereocenters. The maximum Gasteiger partial charge on any atom is 0.340 e. The van der Waals surface area contributed by atoms with E-state index in [2.05, 4.69) is 0 Å². The Morgan fingerprint density at radius 1 is 1.63 bits per heavy atom. The zero-order valence-electron chi connectivity index (χ0n) is 10.9. The minimum absolute atomic E-state index is 0.0281. The molecular weight excluding hydrogens is 286 g/mol. The zero-order chi connectivity index (χ0) is 14.0. The second-order valence-electron chi connectivity index (χ2n) is 4.51. The molecule has 2 rings (SSSR count). The maximum absolute atomic E-state index is 12.0. The van der Waals surface area contributed by atoms with Crippen molar-refractivity contribution in [2.75, 3.05) is 24.4 Å². The molecule has 6 heteroatoms. The molecule has 1 atom stereocenters. The minimum Gasteiger partial charge on any atom is -0.465 e. The lowest BCUT2D eigenvalue weighted by Gasteiger charge is -2.15. The number of amides is 1. The summed E-state index contributed by atoms with van der Waals surface area (Å²) in [6.45, 7) is 2.60. The number of esters is 1. The Kier molecular flexibility index (Phi) is 4.47. The fraction of sp³-hybridized carbons (Fsp3) is 0.538. The van der Waals surface area contributed by atoms with E-state index < -0.39 is 5.97 Å². The predicted octanol–water partition coefficient (Wildman–Crippen LogP) is 2.69. The first-order valence-corrected chi connectivity index (χ1v) is 7.53. The molecule has 0 aliphatic carbocycles. The third-order valence-electron chi connectivity index (χ3n) is 3.19. The summed E-state index contributed by atoms with van der Waals surface area (Å²) < 4.78 is 4.79. The molecule has 0 spiro atoms. The third-order valence-corrected chi connectivity index (χ3v) is 4.92. The van der Waals surface area contributed by atoms with Crippen LogP contribution in [0.2, 0.25) is 0 Å². The summed E-state index contributed by atoms with van der Waals surface area (Å²) in [5, 5.41) is 0.696. The first-order chi connectivity index (χ1) is 9.10. The van der Waals surface area contributed by atoms with Crippen molar-refractivity contribution >= 4 is 39.8 Å². The first kappa shape index (κ1) is 14.3. The van der Waals surface area contributed by atoms with Gasteiger partial charge in [0.25, 0.3) is 0 Å². The van der Waals surface area contributed by atoms with Gasteiger partial charge in [-0.25, -0.2) is 4.79 Å². The van der Waals surface area contributed by atoms with Gasteiger partial charge in [-0.1, -0.05) is 6.92 Å². The molecule has 0 bridgehead atoms. The van der Waals surface area contributed by atoms with Gasteiger partial charge in [0.15, 0.2) is 0 Å². The smallest absolute Gasteiger partial charge is 0.340 e. The van der Waals surface area contributed by atoms with Crippen molar-refractivity contribution in [2.45, 2.75) is 19.8 Å². The molecule has 104 valence electrons. The number of aryl methyl sites for hydroxylation is 1. The maximum atomic E-state index is 12.0. The van der Waals surface area contributed by atoms with Crippen LogP contribution in [0.1, 0.15) is 28.6 Å². The third kappa shape index (κ3) is 2.77. The number of nitrogens with zero attached hydrogens (tertiary/aromatic N) is 1. The molecule has 1 aliphatic heterocycles. The summed E-state index contributed by atoms with van der Waals surface area (Å²) in [7, 11) is 1.35. The molecule has 19 heavy (non-hydrogen) atoms. The van der Waals surface area contributed by atoms with Gasteiger partial charge < -0.3 is 9.64 Å². The van der Waals surface area contributed by atoms with E-state index in [4.69, 9.17) is 16.3 Å². The van der Waals surface area contributed by atoms with Crippen molar-refractivity contribution in [1.29, 1.82) is 0 Å². The van der Waals surface area contributed by atoms with Crippen molar-refractivity contribution in [3.8, 4) is 0 Å². The molecule has 1 aromatic heterocycles. The topological polar surface area (TPSA) is 46.6 Å². The molecule has 0 saturated carbocycles. The van der Waals surface area contributed by atoms with E-state index in [9.17, 15) is 9.59 Å². The van der Waals surface area contributed by atoms with Crippen LogP contribution in [0, 0.1) is 5.92 Å². The highest BCUT2D eigenvalue weighted by molar-refractivity contribution is 7.16. The Hall–Kier alpha value is -1.07. The fourth-order valence-electron chi connectivity index (χ4n) is 2.14. The fourth-order valence-corrected chi connectivity index (χ4v) is 3.46. The van der Waals surface area contributed by atoms with Crippen molar-refractivity contribution in [3.63, 3.8) is 0 Å². The molecule has 1 aromatic rings. The van der Waals surface area contributed by atoms with E-state index in [1.165, 1.54) is 18.4 Å². The van der Waals surface area contributed by atoms with Gasteiger partial charge >= 0.3 is 5.97 Å². The highest BCUT2D eigenvalue weighted by Gasteiger charge is 2.33. The monoisotopic (exact) mass is 301 g/mol. The number of methoxy groups -OCH3 is 1. The molecule has 4 nitrogen and oxygen atoms in total. The Morgan fingerprint density at radius 3 is 2.89 bits per heavy atom. The van der Waals surface area contributed by atoms with Crippen molar-refractivity contribution in [3.05, 3.63) is 16.5 Å². The average molecular weight is 302 g/mol. The minimum atomic E-state index is -0.395. The number of halogens is 1. The zero-order valence-corrected chi connectivity index (χ0v) is 12.5. The molecule has 1 aliphatic rings. The largest absolute Gasteiger partial charge is 0.465 e. The molecule has 1 amide bonds. The molecular formula is C13H16ClNO3S. The molecule has 2 heterocycles. The molecule has 0 N–H and O–H groups in total. The lowest BCUT2D eigenvalue weighted by molar-refractivity contribution is -0.117. The Morgan fingerprint density at radius 2 is 2.37 bits per heavy atom. The van der Waals surface area contributed by atoms with Crippen LogP contribution in [0.15, 0.2) is 6.07 Å². The second-order valence-corrected chi connectivity index (χ2v) is 5.93. The van der Waals surface area contributed by atoms with E-state index >= 15 is 0 Å². The standard InChI is InChI=1S/C13H16ClNO3S/c1-3-9-5-10(13(17)18-2)12(19-9)15-7-8(6-14)4-11(15)16/h5,8H,3-4,6-7H2,1-2H3. The summed E-state index contributed by atoms with van der Waals surface area (Å²) in [5.41, 5.74) is 0.480. The summed E-state index contributed by atoms with van der Waals surface area (Å²) in [6.07, 6.45) is 1.28. The Labute approximate surface area is 121 Å². The van der Waals surface area contributed by atoms with Crippen LogP contribution < -0.4 is 4.90 Å². The molecule has 1 saturated heterocycles. The highest BCUT2D eigenvalue weighted by atomic mass is 35.5. The number of thiophene rings is 1. The van der Waals surface area contributed by atoms with Crippen LogP contribution in [0.5, 0.6) is 0 Å². The predicted molar refractivity (Wildman–Crippen MR) is 76.2 cm³/mol. The van der Waals surface area contributed by atoms with Gasteiger partial charge in [-0.2, -0.15) is 0 Å². The van der Waals surface area contributed by atoms with Crippen molar-refractivity contribution < 1.29 is 14.3 Å². The molecule has 0 aromatic carbocycles. The number of carbonyl (C=O) groups is 2. The van der Waals surface area contributed by atoms with E-state index in [1.807, 2.05) is 13.0 Å². The van der Waals surface area contributed by atoms with Gasteiger partial charge in [-0.15, -0.1) is 22.9 Å². The number of rotatable bonds is 4. The summed E-state index contributed by atoms with van der Waals surface area (Å²) in [6, 6.07) is 1.81. The van der Waals surface area contributed by atoms with Crippen molar-refractivity contribution in [1.82, 2.24) is 0 Å². The number of ether oxygens (including phenoxy) is 1. The van der Waals surface area contributed by atoms with Gasteiger partial charge in [-0.05, 0) is 18.4 Å². The number of hydrogen-bond donors (Lipinski definition) is 0. The Balaban J connectivity index is 2.35. The number of anilines is 1. The van der Waals surface area contributed by atoms with Crippen LogP contribution in [-0.4, -0.2) is 31.4 Å². The molecule has 1 fully saturated rings. The summed E-state index contributed by atoms with van der Waals surface area (Å²) in [4.78, 5) is 26.6. The second kappa shape index (κ2) is 5.92. The van der Waals surface area contributed by atoms with E-state index in [1.54, 1.807) is 4.90 Å². The van der Waals surface area contributed by atoms with Crippen LogP contribution >= 0.6 is 22.9 Å². The van der Waals surface area contributed by atoms with Crippen LogP contribution in [-0.2, 0) is 16.0 Å².